The van der Waals surface area contributed by atoms with E-state index in [2.05, 4.69) is 48.2 Å². The summed E-state index contributed by atoms with van der Waals surface area (Å²) in [5, 5.41) is 10.2. The summed E-state index contributed by atoms with van der Waals surface area (Å²) in [7, 11) is 0. The first kappa shape index (κ1) is 14.9. The lowest BCUT2D eigenvalue weighted by atomic mass is 10.2. The van der Waals surface area contributed by atoms with E-state index < -0.39 is 6.10 Å². The highest BCUT2D eigenvalue weighted by atomic mass is 16.5. The zero-order valence-electron chi connectivity index (χ0n) is 13.0. The maximum atomic E-state index is 10.2. The molecule has 0 aliphatic carbocycles. The van der Waals surface area contributed by atoms with Gasteiger partial charge in [-0.15, -0.1) is 0 Å². The first-order valence-corrected chi connectivity index (χ1v) is 7.99. The van der Waals surface area contributed by atoms with Gasteiger partial charge in [0.05, 0.1) is 0 Å². The first-order chi connectivity index (χ1) is 10.8. The van der Waals surface area contributed by atoms with E-state index in [1.54, 1.807) is 0 Å². The summed E-state index contributed by atoms with van der Waals surface area (Å²) in [4.78, 5) is 2.24. The number of aliphatic hydroxyl groups is 1. The summed E-state index contributed by atoms with van der Waals surface area (Å²) in [5.74, 6) is 0.818. The van der Waals surface area contributed by atoms with Gasteiger partial charge in [0.15, 0.2) is 0 Å². The molecule has 1 N–H and O–H groups in total. The molecule has 0 unspecified atom stereocenters. The fourth-order valence-electron chi connectivity index (χ4n) is 2.92. The van der Waals surface area contributed by atoms with Crippen molar-refractivity contribution in [1.29, 1.82) is 0 Å². The van der Waals surface area contributed by atoms with Gasteiger partial charge in [-0.25, -0.2) is 0 Å². The van der Waals surface area contributed by atoms with Crippen molar-refractivity contribution in [3.63, 3.8) is 0 Å². The van der Waals surface area contributed by atoms with Crippen LogP contribution in [-0.2, 0) is 12.8 Å². The second-order valence-corrected chi connectivity index (χ2v) is 5.79. The van der Waals surface area contributed by atoms with Crippen molar-refractivity contribution in [2.24, 2.45) is 0 Å². The number of aliphatic hydroxyl groups excluding tert-OH is 1. The van der Waals surface area contributed by atoms with Crippen LogP contribution in [0.1, 0.15) is 18.1 Å². The Hall–Kier alpha value is -2.00. The lowest BCUT2D eigenvalue weighted by Gasteiger charge is -2.23. The molecule has 3 nitrogen and oxygen atoms in total. The normalized spacial score (nSPS) is 14.7. The van der Waals surface area contributed by atoms with E-state index in [1.165, 1.54) is 16.8 Å². The minimum atomic E-state index is -0.489. The minimum Gasteiger partial charge on any atom is -0.491 e. The van der Waals surface area contributed by atoms with Crippen molar-refractivity contribution in [1.82, 2.24) is 0 Å². The molecule has 0 fully saturated rings. The molecule has 0 saturated carbocycles. The van der Waals surface area contributed by atoms with Crippen molar-refractivity contribution in [3.8, 4) is 5.75 Å². The fourth-order valence-corrected chi connectivity index (χ4v) is 2.92. The van der Waals surface area contributed by atoms with E-state index in [4.69, 9.17) is 4.74 Å². The monoisotopic (exact) mass is 297 g/mol. The van der Waals surface area contributed by atoms with Crippen LogP contribution in [0.2, 0.25) is 0 Å². The molecule has 3 rings (SSSR count). The van der Waals surface area contributed by atoms with Crippen molar-refractivity contribution in [2.45, 2.75) is 25.9 Å². The van der Waals surface area contributed by atoms with Gasteiger partial charge in [-0.1, -0.05) is 37.3 Å². The van der Waals surface area contributed by atoms with Crippen molar-refractivity contribution >= 4 is 5.69 Å². The number of aryl methyl sites for hydroxylation is 1. The summed E-state index contributed by atoms with van der Waals surface area (Å²) in [6, 6.07) is 16.5. The zero-order chi connectivity index (χ0) is 15.4. The molecule has 2 aromatic rings. The van der Waals surface area contributed by atoms with E-state index in [0.717, 1.165) is 25.1 Å². The van der Waals surface area contributed by atoms with Crippen molar-refractivity contribution in [3.05, 3.63) is 59.7 Å². The lowest BCUT2D eigenvalue weighted by molar-refractivity contribution is 0.112. The molecule has 0 spiro atoms. The molecule has 0 amide bonds. The Kier molecular flexibility index (Phi) is 4.64. The highest BCUT2D eigenvalue weighted by molar-refractivity contribution is 5.57. The predicted molar refractivity (Wildman–Crippen MR) is 89.7 cm³/mol. The summed E-state index contributed by atoms with van der Waals surface area (Å²) in [5.41, 5.74) is 3.90. The van der Waals surface area contributed by atoms with Gasteiger partial charge in [0, 0.05) is 18.8 Å². The van der Waals surface area contributed by atoms with Crippen LogP contribution in [0.25, 0.3) is 0 Å². The van der Waals surface area contributed by atoms with Crippen LogP contribution in [0, 0.1) is 0 Å². The Balaban J connectivity index is 1.51. The Labute approximate surface area is 132 Å². The van der Waals surface area contributed by atoms with E-state index in [1.807, 2.05) is 12.1 Å². The topological polar surface area (TPSA) is 32.7 Å². The summed E-state index contributed by atoms with van der Waals surface area (Å²) in [6.45, 7) is 4.04. The highest BCUT2D eigenvalue weighted by Gasteiger charge is 2.20. The number of nitrogens with zero attached hydrogens (tertiary/aromatic N) is 1. The number of β-amino-alcohol motifs (C(OH)–C–C–N with tert-alkyl or cyclic N) is 1. The standard InChI is InChI=1S/C19H23NO2/c1-2-15-7-9-18(10-8-15)22-14-17(21)13-20-12-11-16-5-3-4-6-19(16)20/h3-10,17,21H,2,11-14H2,1H3/t17-/m1/s1. The van der Waals surface area contributed by atoms with Crippen LogP contribution >= 0.6 is 0 Å². The van der Waals surface area contributed by atoms with Crippen LogP contribution in [0.15, 0.2) is 48.5 Å². The van der Waals surface area contributed by atoms with Crippen molar-refractivity contribution in [2.75, 3.05) is 24.6 Å². The molecule has 0 radical (unpaired) electrons. The average molecular weight is 297 g/mol. The van der Waals surface area contributed by atoms with E-state index in [-0.39, 0.29) is 0 Å². The van der Waals surface area contributed by atoms with Gasteiger partial charge in [0.2, 0.25) is 0 Å². The lowest BCUT2D eigenvalue weighted by Crippen LogP contribution is -2.34. The Morgan fingerprint density at radius 2 is 1.91 bits per heavy atom. The summed E-state index contributed by atoms with van der Waals surface area (Å²) >= 11 is 0. The average Bonchev–Trinajstić information content (AvgIpc) is 2.97. The Morgan fingerprint density at radius 3 is 2.68 bits per heavy atom. The van der Waals surface area contributed by atoms with Crippen LogP contribution in [0.4, 0.5) is 5.69 Å². The largest absolute Gasteiger partial charge is 0.491 e. The predicted octanol–water partition coefficient (Wildman–Crippen LogP) is 3.05. The quantitative estimate of drug-likeness (QED) is 0.889. The van der Waals surface area contributed by atoms with Gasteiger partial charge < -0.3 is 14.7 Å². The number of benzene rings is 2. The molecule has 1 aliphatic heterocycles. The van der Waals surface area contributed by atoms with E-state index in [9.17, 15) is 5.11 Å². The molecule has 2 aromatic carbocycles. The molecular weight excluding hydrogens is 274 g/mol. The zero-order valence-corrected chi connectivity index (χ0v) is 13.0. The number of hydrogen-bond acceptors (Lipinski definition) is 3. The number of para-hydroxylation sites is 1. The second kappa shape index (κ2) is 6.84. The van der Waals surface area contributed by atoms with Gasteiger partial charge in [0.1, 0.15) is 18.5 Å². The maximum Gasteiger partial charge on any atom is 0.119 e. The molecule has 0 saturated heterocycles. The SMILES string of the molecule is CCc1ccc(OC[C@H](O)CN2CCc3ccccc32)cc1. The summed E-state index contributed by atoms with van der Waals surface area (Å²) < 4.78 is 5.69. The van der Waals surface area contributed by atoms with Gasteiger partial charge in [-0.05, 0) is 42.2 Å². The number of ether oxygens (including phenoxy) is 1. The molecular formula is C19H23NO2. The van der Waals surface area contributed by atoms with Crippen LogP contribution in [0.5, 0.6) is 5.75 Å². The van der Waals surface area contributed by atoms with Gasteiger partial charge in [-0.3, -0.25) is 0 Å². The molecule has 3 heteroatoms. The minimum absolute atomic E-state index is 0.324. The molecule has 1 aliphatic rings. The molecule has 1 heterocycles. The fraction of sp³-hybridized carbons (Fsp3) is 0.368. The molecule has 0 aromatic heterocycles. The van der Waals surface area contributed by atoms with Gasteiger partial charge in [0.25, 0.3) is 0 Å². The van der Waals surface area contributed by atoms with Gasteiger partial charge in [-0.2, -0.15) is 0 Å². The van der Waals surface area contributed by atoms with Gasteiger partial charge >= 0.3 is 0 Å². The third kappa shape index (κ3) is 3.42. The molecule has 22 heavy (non-hydrogen) atoms. The Morgan fingerprint density at radius 1 is 1.14 bits per heavy atom. The molecule has 1 atom stereocenters. The smallest absolute Gasteiger partial charge is 0.119 e. The van der Waals surface area contributed by atoms with E-state index in [0.29, 0.717) is 13.2 Å². The van der Waals surface area contributed by atoms with Crippen LogP contribution in [-0.4, -0.2) is 30.9 Å². The number of hydrogen-bond donors (Lipinski definition) is 1. The Bertz CT molecular complexity index is 609. The molecule has 0 bridgehead atoms. The van der Waals surface area contributed by atoms with Crippen LogP contribution < -0.4 is 9.64 Å². The second-order valence-electron chi connectivity index (χ2n) is 5.79. The third-order valence-electron chi connectivity index (χ3n) is 4.19. The van der Waals surface area contributed by atoms with E-state index >= 15 is 0 Å². The maximum absolute atomic E-state index is 10.2. The number of fused-ring (bicyclic) bond motifs is 1. The molecule has 116 valence electrons. The number of anilines is 1. The highest BCUT2D eigenvalue weighted by Crippen LogP contribution is 2.27. The number of rotatable bonds is 6. The summed E-state index contributed by atoms with van der Waals surface area (Å²) in [6.07, 6.45) is 1.59. The first-order valence-electron chi connectivity index (χ1n) is 7.99. The third-order valence-corrected chi connectivity index (χ3v) is 4.19. The van der Waals surface area contributed by atoms with Crippen molar-refractivity contribution < 1.29 is 9.84 Å². The van der Waals surface area contributed by atoms with Crippen LogP contribution in [0.3, 0.4) is 0 Å².